The van der Waals surface area contributed by atoms with Gasteiger partial charge in [-0.25, -0.2) is 0 Å². The molecule has 0 bridgehead atoms. The maximum absolute atomic E-state index is 9.48. The average Bonchev–Trinajstić information content (AvgIpc) is 3.16. The maximum atomic E-state index is 9.48. The lowest BCUT2D eigenvalue weighted by Crippen LogP contribution is -2.56. The van der Waals surface area contributed by atoms with E-state index in [2.05, 4.69) is 56.8 Å². The zero-order valence-electron chi connectivity index (χ0n) is 19.9. The third-order valence-electron chi connectivity index (χ3n) is 7.48. The summed E-state index contributed by atoms with van der Waals surface area (Å²) in [4.78, 5) is 9.37. The van der Waals surface area contributed by atoms with E-state index in [9.17, 15) is 5.26 Å². The van der Waals surface area contributed by atoms with Gasteiger partial charge in [-0.2, -0.15) is 10.4 Å². The van der Waals surface area contributed by atoms with Crippen LogP contribution in [0.15, 0.2) is 30.5 Å². The van der Waals surface area contributed by atoms with E-state index in [1.807, 2.05) is 12.1 Å². The smallest absolute Gasteiger partial charge is 0.101 e. The number of ether oxygens (including phenoxy) is 1. The van der Waals surface area contributed by atoms with Gasteiger partial charge >= 0.3 is 0 Å². The number of fused-ring (bicyclic) bond motifs is 2. The molecule has 2 saturated heterocycles. The third-order valence-corrected chi connectivity index (χ3v) is 7.48. The molecule has 0 radical (unpaired) electrons. The Morgan fingerprint density at radius 3 is 2.91 bits per heavy atom. The number of nitriles is 1. The van der Waals surface area contributed by atoms with Gasteiger partial charge in [-0.05, 0) is 56.6 Å². The number of morpholine rings is 1. The van der Waals surface area contributed by atoms with Crippen LogP contribution in [0.5, 0.6) is 0 Å². The van der Waals surface area contributed by atoms with Crippen LogP contribution in [-0.2, 0) is 17.7 Å². The molecule has 2 atom stereocenters. The molecule has 3 aromatic rings. The zero-order chi connectivity index (χ0) is 23.2. The van der Waals surface area contributed by atoms with Crippen LogP contribution >= 0.6 is 0 Å². The first-order valence-electron chi connectivity index (χ1n) is 12.3. The van der Waals surface area contributed by atoms with Crippen LogP contribution in [-0.4, -0.2) is 71.1 Å². The highest BCUT2D eigenvalue weighted by atomic mass is 16.5. The predicted molar refractivity (Wildman–Crippen MR) is 131 cm³/mol. The minimum absolute atomic E-state index is 0.142. The SMILES string of the molecule is Cc1c2c(nn1C1CN(C[C@H]3CN(c4ccc(C#N)c5ncccc45)C[C@@H](C)O3)C1)CNCC2. The Kier molecular flexibility index (Phi) is 5.48. The second-order valence-electron chi connectivity index (χ2n) is 9.87. The molecule has 2 fully saturated rings. The van der Waals surface area contributed by atoms with Gasteiger partial charge in [-0.1, -0.05) is 0 Å². The Labute approximate surface area is 200 Å². The third kappa shape index (κ3) is 3.74. The average molecular weight is 458 g/mol. The fourth-order valence-electron chi connectivity index (χ4n) is 5.86. The highest BCUT2D eigenvalue weighted by Gasteiger charge is 2.35. The molecule has 0 saturated carbocycles. The van der Waals surface area contributed by atoms with Gasteiger partial charge in [0.25, 0.3) is 0 Å². The molecule has 5 heterocycles. The molecular formula is C26H31N7O. The molecule has 3 aliphatic heterocycles. The molecular weight excluding hydrogens is 426 g/mol. The van der Waals surface area contributed by atoms with Gasteiger partial charge < -0.3 is 15.0 Å². The van der Waals surface area contributed by atoms with Gasteiger partial charge in [0.15, 0.2) is 0 Å². The molecule has 176 valence electrons. The maximum Gasteiger partial charge on any atom is 0.101 e. The minimum Gasteiger partial charge on any atom is -0.370 e. The summed E-state index contributed by atoms with van der Waals surface area (Å²) in [7, 11) is 0. The molecule has 6 rings (SSSR count). The Balaban J connectivity index is 1.14. The van der Waals surface area contributed by atoms with Gasteiger partial charge in [0.2, 0.25) is 0 Å². The normalized spacial score (nSPS) is 23.5. The Morgan fingerprint density at radius 1 is 1.21 bits per heavy atom. The largest absolute Gasteiger partial charge is 0.370 e. The van der Waals surface area contributed by atoms with E-state index >= 15 is 0 Å². The first-order valence-corrected chi connectivity index (χ1v) is 12.3. The van der Waals surface area contributed by atoms with E-state index < -0.39 is 0 Å². The van der Waals surface area contributed by atoms with Crippen molar-refractivity contribution in [3.8, 4) is 6.07 Å². The van der Waals surface area contributed by atoms with E-state index in [-0.39, 0.29) is 12.2 Å². The first kappa shape index (κ1) is 21.5. The molecule has 1 aromatic carbocycles. The standard InChI is InChI=1S/C26H31N7O/c1-17-12-32(25-6-5-19(10-27)26-23(25)4-3-8-29-26)16-21(34-17)15-31-13-20(14-31)33-18(2)22-7-9-28-11-24(22)30-33/h3-6,8,17,20-21,28H,7,9,11-16H2,1-2H3/t17-,21+/m1/s1. The molecule has 8 heteroatoms. The van der Waals surface area contributed by atoms with E-state index in [0.717, 1.165) is 68.8 Å². The number of aromatic nitrogens is 3. The second kappa shape index (κ2) is 8.66. The predicted octanol–water partition coefficient (Wildman–Crippen LogP) is 2.41. The number of nitrogens with zero attached hydrogens (tertiary/aromatic N) is 6. The second-order valence-corrected chi connectivity index (χ2v) is 9.87. The molecule has 0 aliphatic carbocycles. The number of rotatable bonds is 4. The monoisotopic (exact) mass is 457 g/mol. The molecule has 8 nitrogen and oxygen atoms in total. The van der Waals surface area contributed by atoms with Crippen molar-refractivity contribution in [2.24, 2.45) is 0 Å². The van der Waals surface area contributed by atoms with E-state index in [0.29, 0.717) is 11.6 Å². The van der Waals surface area contributed by atoms with Crippen LogP contribution in [0.4, 0.5) is 5.69 Å². The van der Waals surface area contributed by atoms with Gasteiger partial charge in [-0.15, -0.1) is 0 Å². The van der Waals surface area contributed by atoms with Crippen molar-refractivity contribution in [3.63, 3.8) is 0 Å². The number of benzene rings is 1. The lowest BCUT2D eigenvalue weighted by molar-refractivity contribution is -0.0491. The number of hydrogen-bond donors (Lipinski definition) is 1. The summed E-state index contributed by atoms with van der Waals surface area (Å²) in [6.45, 7) is 10.9. The molecule has 3 aliphatic rings. The lowest BCUT2D eigenvalue weighted by atomic mass is 10.0. The fourth-order valence-corrected chi connectivity index (χ4v) is 5.86. The Bertz CT molecular complexity index is 1260. The number of likely N-dealkylation sites (tertiary alicyclic amines) is 1. The van der Waals surface area contributed by atoms with E-state index in [1.54, 1.807) is 6.20 Å². The molecule has 1 N–H and O–H groups in total. The minimum atomic E-state index is 0.142. The molecule has 0 unspecified atom stereocenters. The highest BCUT2D eigenvalue weighted by molar-refractivity contribution is 5.95. The summed E-state index contributed by atoms with van der Waals surface area (Å²) in [5.41, 5.74) is 6.55. The van der Waals surface area contributed by atoms with Crippen molar-refractivity contribution in [1.29, 1.82) is 5.26 Å². The molecule has 2 aromatic heterocycles. The van der Waals surface area contributed by atoms with Crippen LogP contribution in [0.3, 0.4) is 0 Å². The van der Waals surface area contributed by atoms with Crippen LogP contribution in [0, 0.1) is 18.3 Å². The summed E-state index contributed by atoms with van der Waals surface area (Å²) in [5.74, 6) is 0. The van der Waals surface area contributed by atoms with Gasteiger partial charge in [-0.3, -0.25) is 14.6 Å². The summed E-state index contributed by atoms with van der Waals surface area (Å²) < 4.78 is 8.61. The summed E-state index contributed by atoms with van der Waals surface area (Å²) >= 11 is 0. The lowest BCUT2D eigenvalue weighted by Gasteiger charge is -2.45. The van der Waals surface area contributed by atoms with Gasteiger partial charge in [0.05, 0.1) is 35.0 Å². The Hall–Kier alpha value is -2.99. The van der Waals surface area contributed by atoms with Crippen molar-refractivity contribution in [2.45, 2.75) is 45.1 Å². The van der Waals surface area contributed by atoms with E-state index in [4.69, 9.17) is 9.84 Å². The van der Waals surface area contributed by atoms with Crippen molar-refractivity contribution in [2.75, 3.05) is 44.2 Å². The fraction of sp³-hybridized carbons (Fsp3) is 0.500. The van der Waals surface area contributed by atoms with Gasteiger partial charge in [0.1, 0.15) is 6.07 Å². The number of pyridine rings is 1. The first-order chi connectivity index (χ1) is 16.6. The van der Waals surface area contributed by atoms with Crippen molar-refractivity contribution in [3.05, 3.63) is 53.0 Å². The van der Waals surface area contributed by atoms with Crippen LogP contribution < -0.4 is 10.2 Å². The van der Waals surface area contributed by atoms with Crippen LogP contribution in [0.1, 0.15) is 35.5 Å². The molecule has 0 spiro atoms. The number of hydrogen-bond acceptors (Lipinski definition) is 7. The van der Waals surface area contributed by atoms with Crippen molar-refractivity contribution >= 4 is 16.6 Å². The summed E-state index contributed by atoms with van der Waals surface area (Å²) in [6.07, 6.45) is 3.13. The van der Waals surface area contributed by atoms with Crippen molar-refractivity contribution < 1.29 is 4.74 Å². The number of anilines is 1. The van der Waals surface area contributed by atoms with Gasteiger partial charge in [0, 0.05) is 62.2 Å². The molecule has 34 heavy (non-hydrogen) atoms. The van der Waals surface area contributed by atoms with Crippen LogP contribution in [0.25, 0.3) is 10.9 Å². The Morgan fingerprint density at radius 2 is 2.09 bits per heavy atom. The van der Waals surface area contributed by atoms with Crippen LogP contribution in [0.2, 0.25) is 0 Å². The highest BCUT2D eigenvalue weighted by Crippen LogP contribution is 2.31. The van der Waals surface area contributed by atoms with E-state index in [1.165, 1.54) is 17.0 Å². The number of nitrogens with one attached hydrogen (secondary N) is 1. The quantitative estimate of drug-likeness (QED) is 0.644. The topological polar surface area (TPSA) is 82.2 Å². The molecule has 0 amide bonds. The summed E-state index contributed by atoms with van der Waals surface area (Å²) in [5, 5.41) is 18.9. The van der Waals surface area contributed by atoms with Crippen molar-refractivity contribution in [1.82, 2.24) is 25.0 Å². The zero-order valence-corrected chi connectivity index (χ0v) is 19.9. The summed E-state index contributed by atoms with van der Waals surface area (Å²) in [6, 6.07) is 10.7.